The van der Waals surface area contributed by atoms with E-state index in [1.54, 1.807) is 11.8 Å². The maximum atomic E-state index is 12.3. The third-order valence-electron chi connectivity index (χ3n) is 4.25. The van der Waals surface area contributed by atoms with Gasteiger partial charge in [-0.15, -0.1) is 10.2 Å². The summed E-state index contributed by atoms with van der Waals surface area (Å²) in [6.07, 6.45) is 1.22. The van der Waals surface area contributed by atoms with Gasteiger partial charge < -0.3 is 5.32 Å². The largest absolute Gasteiger partial charge is 0.326 e. The summed E-state index contributed by atoms with van der Waals surface area (Å²) in [5.74, 6) is 1.57. The first kappa shape index (κ1) is 19.2. The van der Waals surface area contributed by atoms with Gasteiger partial charge in [-0.05, 0) is 37.6 Å². The first-order valence-corrected chi connectivity index (χ1v) is 10.1. The zero-order valence-corrected chi connectivity index (χ0v) is 16.7. The van der Waals surface area contributed by atoms with Crippen LogP contribution in [0.15, 0.2) is 53.7 Å². The Kier molecular flexibility index (Phi) is 6.29. The van der Waals surface area contributed by atoms with Crippen molar-refractivity contribution in [1.29, 1.82) is 0 Å². The molecule has 1 amide bonds. The van der Waals surface area contributed by atoms with E-state index in [-0.39, 0.29) is 5.91 Å². The van der Waals surface area contributed by atoms with Crippen molar-refractivity contribution in [3.05, 3.63) is 65.5 Å². The van der Waals surface area contributed by atoms with E-state index in [4.69, 9.17) is 0 Å². The molecule has 140 valence electrons. The van der Waals surface area contributed by atoms with Crippen LogP contribution < -0.4 is 5.32 Å². The fourth-order valence-electron chi connectivity index (χ4n) is 2.86. The van der Waals surface area contributed by atoms with Gasteiger partial charge in [0.15, 0.2) is 5.16 Å². The number of hydrogen-bond donors (Lipinski definition) is 1. The van der Waals surface area contributed by atoms with E-state index in [0.717, 1.165) is 34.3 Å². The lowest BCUT2D eigenvalue weighted by Gasteiger charge is -2.10. The van der Waals surface area contributed by atoms with Crippen LogP contribution in [0.1, 0.15) is 30.3 Å². The summed E-state index contributed by atoms with van der Waals surface area (Å²) in [5, 5.41) is 12.4. The molecule has 0 aliphatic rings. The maximum absolute atomic E-state index is 12.3. The molecule has 0 unspecified atom stereocenters. The predicted molar refractivity (Wildman–Crippen MR) is 111 cm³/mol. The highest BCUT2D eigenvalue weighted by Crippen LogP contribution is 2.23. The topological polar surface area (TPSA) is 59.8 Å². The number of nitrogens with one attached hydrogen (secondary N) is 1. The number of para-hydroxylation sites is 1. The van der Waals surface area contributed by atoms with Gasteiger partial charge in [0.25, 0.3) is 0 Å². The number of carbonyl (C=O) groups excluding carboxylic acids is 1. The molecule has 0 fully saturated rings. The molecule has 3 aromatic rings. The molecule has 3 rings (SSSR count). The maximum Gasteiger partial charge on any atom is 0.225 e. The highest BCUT2D eigenvalue weighted by molar-refractivity contribution is 7.99. The number of hydrogen-bond acceptors (Lipinski definition) is 4. The Morgan fingerprint density at radius 1 is 1.11 bits per heavy atom. The molecule has 0 saturated heterocycles. The monoisotopic (exact) mass is 380 g/mol. The molecular formula is C21H24N4OS. The van der Waals surface area contributed by atoms with Crippen LogP contribution >= 0.6 is 11.8 Å². The van der Waals surface area contributed by atoms with E-state index in [2.05, 4.69) is 33.1 Å². The van der Waals surface area contributed by atoms with Gasteiger partial charge >= 0.3 is 0 Å². The number of aromatic nitrogens is 3. The molecule has 1 N–H and O–H groups in total. The van der Waals surface area contributed by atoms with Crippen LogP contribution in [0.5, 0.6) is 0 Å². The van der Waals surface area contributed by atoms with E-state index in [1.807, 2.05) is 56.3 Å². The van der Waals surface area contributed by atoms with Gasteiger partial charge in [0, 0.05) is 30.0 Å². The SMILES string of the molecule is CCc1nnc(SCCC(=O)Nc2ccc(C)cc2C)n1-c1ccccc1. The van der Waals surface area contributed by atoms with Gasteiger partial charge in [-0.25, -0.2) is 0 Å². The summed E-state index contributed by atoms with van der Waals surface area (Å²) >= 11 is 1.55. The Bertz CT molecular complexity index is 921. The molecule has 0 atom stereocenters. The lowest BCUT2D eigenvalue weighted by atomic mass is 10.1. The smallest absolute Gasteiger partial charge is 0.225 e. The summed E-state index contributed by atoms with van der Waals surface area (Å²) in [7, 11) is 0. The molecule has 0 saturated carbocycles. The summed E-state index contributed by atoms with van der Waals surface area (Å²) in [6, 6.07) is 16.1. The number of rotatable bonds is 7. The van der Waals surface area contributed by atoms with Crippen molar-refractivity contribution < 1.29 is 4.79 Å². The van der Waals surface area contributed by atoms with Crippen LogP contribution in [-0.2, 0) is 11.2 Å². The average molecular weight is 381 g/mol. The highest BCUT2D eigenvalue weighted by Gasteiger charge is 2.14. The van der Waals surface area contributed by atoms with E-state index < -0.39 is 0 Å². The molecule has 1 aromatic heterocycles. The number of aryl methyl sites for hydroxylation is 3. The second-order valence-electron chi connectivity index (χ2n) is 6.39. The molecule has 6 heteroatoms. The number of thioether (sulfide) groups is 1. The Balaban J connectivity index is 1.62. The summed E-state index contributed by atoms with van der Waals surface area (Å²) in [5.41, 5.74) is 4.18. The minimum Gasteiger partial charge on any atom is -0.326 e. The number of nitrogens with zero attached hydrogens (tertiary/aromatic N) is 3. The van der Waals surface area contributed by atoms with Crippen molar-refractivity contribution in [2.24, 2.45) is 0 Å². The minimum atomic E-state index is 0.0101. The van der Waals surface area contributed by atoms with Crippen molar-refractivity contribution in [3.8, 4) is 5.69 Å². The van der Waals surface area contributed by atoms with Crippen molar-refractivity contribution in [2.45, 2.75) is 38.8 Å². The Morgan fingerprint density at radius 3 is 2.59 bits per heavy atom. The van der Waals surface area contributed by atoms with E-state index in [1.165, 1.54) is 5.56 Å². The lowest BCUT2D eigenvalue weighted by Crippen LogP contribution is -2.13. The van der Waals surface area contributed by atoms with Gasteiger partial charge in [-0.2, -0.15) is 0 Å². The van der Waals surface area contributed by atoms with Crippen LogP contribution in [0.3, 0.4) is 0 Å². The second-order valence-corrected chi connectivity index (χ2v) is 7.45. The van der Waals surface area contributed by atoms with Gasteiger partial charge in [0.05, 0.1) is 0 Å². The summed E-state index contributed by atoms with van der Waals surface area (Å²) in [4.78, 5) is 12.3. The standard InChI is InChI=1S/C21H24N4OS/c1-4-19-23-24-21(25(19)17-8-6-5-7-9-17)27-13-12-20(26)22-18-11-10-15(2)14-16(18)3/h5-11,14H,4,12-13H2,1-3H3,(H,22,26). The Labute approximate surface area is 164 Å². The molecular weight excluding hydrogens is 356 g/mol. The van der Waals surface area contributed by atoms with Crippen molar-refractivity contribution in [3.63, 3.8) is 0 Å². The second kappa shape index (κ2) is 8.86. The predicted octanol–water partition coefficient (Wildman–Crippen LogP) is 4.57. The third-order valence-corrected chi connectivity index (χ3v) is 5.18. The van der Waals surface area contributed by atoms with Gasteiger partial charge in [0.2, 0.25) is 5.91 Å². The lowest BCUT2D eigenvalue weighted by molar-refractivity contribution is -0.115. The summed E-state index contributed by atoms with van der Waals surface area (Å²) in [6.45, 7) is 6.11. The molecule has 1 heterocycles. The van der Waals surface area contributed by atoms with E-state index in [0.29, 0.717) is 12.2 Å². The normalized spacial score (nSPS) is 10.8. The van der Waals surface area contributed by atoms with Gasteiger partial charge in [-0.1, -0.05) is 54.6 Å². The fraction of sp³-hybridized carbons (Fsp3) is 0.286. The van der Waals surface area contributed by atoms with Crippen molar-refractivity contribution >= 4 is 23.4 Å². The Morgan fingerprint density at radius 2 is 1.89 bits per heavy atom. The molecule has 0 radical (unpaired) electrons. The minimum absolute atomic E-state index is 0.0101. The molecule has 5 nitrogen and oxygen atoms in total. The molecule has 2 aromatic carbocycles. The third kappa shape index (κ3) is 4.77. The quantitative estimate of drug-likeness (QED) is 0.610. The zero-order chi connectivity index (χ0) is 19.2. The molecule has 0 aliphatic heterocycles. The number of anilines is 1. The van der Waals surface area contributed by atoms with E-state index in [9.17, 15) is 4.79 Å². The molecule has 27 heavy (non-hydrogen) atoms. The van der Waals surface area contributed by atoms with E-state index >= 15 is 0 Å². The van der Waals surface area contributed by atoms with Gasteiger partial charge in [0.1, 0.15) is 5.82 Å². The Hall–Kier alpha value is -2.60. The van der Waals surface area contributed by atoms with Crippen molar-refractivity contribution in [1.82, 2.24) is 14.8 Å². The van der Waals surface area contributed by atoms with Crippen LogP contribution in [-0.4, -0.2) is 26.4 Å². The molecule has 0 aliphatic carbocycles. The summed E-state index contributed by atoms with van der Waals surface area (Å²) < 4.78 is 2.06. The van der Waals surface area contributed by atoms with Crippen LogP contribution in [0.2, 0.25) is 0 Å². The molecule has 0 bridgehead atoms. The number of benzene rings is 2. The van der Waals surface area contributed by atoms with Crippen LogP contribution in [0.4, 0.5) is 5.69 Å². The fourth-order valence-corrected chi connectivity index (χ4v) is 3.77. The first-order chi connectivity index (χ1) is 13.1. The van der Waals surface area contributed by atoms with Gasteiger partial charge in [-0.3, -0.25) is 9.36 Å². The number of amides is 1. The average Bonchev–Trinajstić information content (AvgIpc) is 3.08. The first-order valence-electron chi connectivity index (χ1n) is 9.08. The molecule has 0 spiro atoms. The number of carbonyl (C=O) groups is 1. The van der Waals surface area contributed by atoms with Crippen LogP contribution in [0, 0.1) is 13.8 Å². The van der Waals surface area contributed by atoms with Crippen molar-refractivity contribution in [2.75, 3.05) is 11.1 Å². The van der Waals surface area contributed by atoms with Crippen LogP contribution in [0.25, 0.3) is 5.69 Å². The highest BCUT2D eigenvalue weighted by atomic mass is 32.2. The zero-order valence-electron chi connectivity index (χ0n) is 15.9.